The number of nitrogens with one attached hydrogen (secondary N) is 1. The number of aromatic amines is 1. The van der Waals surface area contributed by atoms with E-state index in [-0.39, 0.29) is 5.56 Å². The summed E-state index contributed by atoms with van der Waals surface area (Å²) in [4.78, 5) is 19.5. The topological polar surface area (TPSA) is 74.5 Å². The highest BCUT2D eigenvalue weighted by Gasteiger charge is 2.16. The van der Waals surface area contributed by atoms with Gasteiger partial charge in [0.15, 0.2) is 0 Å². The lowest BCUT2D eigenvalue weighted by Gasteiger charge is -2.08. The van der Waals surface area contributed by atoms with E-state index >= 15 is 0 Å². The normalized spacial score (nSPS) is 11.0. The zero-order valence-corrected chi connectivity index (χ0v) is 13.6. The number of nitrogens with zero attached hydrogens (tertiary/aromatic N) is 3. The molecule has 0 radical (unpaired) electrons. The van der Waals surface area contributed by atoms with Crippen LogP contribution >= 0.6 is 15.9 Å². The molecule has 0 atom stereocenters. The van der Waals surface area contributed by atoms with Crippen LogP contribution in [0.1, 0.15) is 5.56 Å². The van der Waals surface area contributed by atoms with Gasteiger partial charge in [-0.2, -0.15) is 5.26 Å². The first-order valence-electron chi connectivity index (χ1n) is 6.97. The summed E-state index contributed by atoms with van der Waals surface area (Å²) in [5.74, 6) is -0.530. The van der Waals surface area contributed by atoms with Gasteiger partial charge >= 0.3 is 5.69 Å². The van der Waals surface area contributed by atoms with Gasteiger partial charge < -0.3 is 4.98 Å². The Hall–Kier alpha value is -2.98. The lowest BCUT2D eigenvalue weighted by Crippen LogP contribution is -2.16. The van der Waals surface area contributed by atoms with E-state index in [0.717, 1.165) is 15.9 Å². The van der Waals surface area contributed by atoms with E-state index < -0.39 is 11.5 Å². The molecule has 0 saturated heterocycles. The number of benzene rings is 2. The van der Waals surface area contributed by atoms with Crippen molar-refractivity contribution in [2.45, 2.75) is 0 Å². The second-order valence-corrected chi connectivity index (χ2v) is 6.14. The average molecular weight is 383 g/mol. The van der Waals surface area contributed by atoms with E-state index in [4.69, 9.17) is 0 Å². The van der Waals surface area contributed by atoms with Crippen molar-refractivity contribution >= 4 is 37.9 Å². The van der Waals surface area contributed by atoms with Crippen molar-refractivity contribution in [3.05, 3.63) is 68.9 Å². The molecule has 24 heavy (non-hydrogen) atoms. The second kappa shape index (κ2) is 5.28. The molecule has 0 fully saturated rings. The number of hydrogen-bond acceptors (Lipinski definition) is 3. The molecular weight excluding hydrogens is 375 g/mol. The summed E-state index contributed by atoms with van der Waals surface area (Å²) < 4.78 is 15.6. The van der Waals surface area contributed by atoms with Crippen LogP contribution in [0.25, 0.3) is 27.6 Å². The lowest BCUT2D eigenvalue weighted by atomic mass is 10.1. The smallest absolute Gasteiger partial charge is 0.304 e. The minimum atomic E-state index is -0.530. The molecule has 7 heteroatoms. The molecule has 4 rings (SSSR count). The Morgan fingerprint density at radius 1 is 1.25 bits per heavy atom. The van der Waals surface area contributed by atoms with Crippen LogP contribution in [0.5, 0.6) is 0 Å². The molecule has 0 saturated carbocycles. The Labute approximate surface area is 143 Å². The molecule has 0 aliphatic carbocycles. The average Bonchev–Trinajstić information content (AvgIpc) is 2.91. The molecule has 2 heterocycles. The summed E-state index contributed by atoms with van der Waals surface area (Å²) in [7, 11) is 0. The molecule has 0 bridgehead atoms. The molecule has 0 spiro atoms. The van der Waals surface area contributed by atoms with Crippen LogP contribution in [0, 0.1) is 17.1 Å². The van der Waals surface area contributed by atoms with Gasteiger partial charge in [-0.25, -0.2) is 9.18 Å². The van der Waals surface area contributed by atoms with Crippen molar-refractivity contribution in [1.29, 1.82) is 5.26 Å². The first-order chi connectivity index (χ1) is 11.6. The molecule has 1 N–H and O–H groups in total. The summed E-state index contributed by atoms with van der Waals surface area (Å²) in [6, 6.07) is 11.2. The Morgan fingerprint density at radius 2 is 2.08 bits per heavy atom. The molecule has 0 aliphatic rings. The molecule has 5 nitrogen and oxygen atoms in total. The van der Waals surface area contributed by atoms with Gasteiger partial charge in [-0.05, 0) is 36.4 Å². The molecular formula is C17H8BrFN4O. The van der Waals surface area contributed by atoms with E-state index in [0.29, 0.717) is 22.2 Å². The van der Waals surface area contributed by atoms with E-state index in [9.17, 15) is 14.4 Å². The maximum absolute atomic E-state index is 13.4. The van der Waals surface area contributed by atoms with Gasteiger partial charge in [0.25, 0.3) is 0 Å². The number of nitriles is 1. The number of fused-ring (bicyclic) bond motifs is 3. The zero-order chi connectivity index (χ0) is 16.8. The third kappa shape index (κ3) is 2.12. The number of H-pyrrole nitrogens is 1. The molecule has 0 unspecified atom stereocenters. The second-order valence-electron chi connectivity index (χ2n) is 5.22. The van der Waals surface area contributed by atoms with Crippen LogP contribution < -0.4 is 5.69 Å². The molecule has 2 aromatic carbocycles. The van der Waals surface area contributed by atoms with Crippen molar-refractivity contribution in [1.82, 2.24) is 14.5 Å². The monoisotopic (exact) mass is 382 g/mol. The Balaban J connectivity index is 2.21. The number of hydrogen-bond donors (Lipinski definition) is 1. The number of halogens is 2. The summed E-state index contributed by atoms with van der Waals surface area (Å²) >= 11 is 3.42. The quantitative estimate of drug-likeness (QED) is 0.546. The number of aromatic nitrogens is 3. The number of pyridine rings is 1. The highest BCUT2D eigenvalue weighted by Crippen LogP contribution is 2.27. The molecule has 116 valence electrons. The van der Waals surface area contributed by atoms with Gasteiger partial charge in [0, 0.05) is 9.86 Å². The van der Waals surface area contributed by atoms with Gasteiger partial charge in [0.1, 0.15) is 11.9 Å². The Morgan fingerprint density at radius 3 is 2.88 bits per heavy atom. The minimum absolute atomic E-state index is 0.0814. The Kier molecular flexibility index (Phi) is 3.22. The first-order valence-corrected chi connectivity index (χ1v) is 7.77. The first kappa shape index (κ1) is 14.6. The third-order valence-corrected chi connectivity index (χ3v) is 4.28. The SMILES string of the molecule is N#Cc1cc(F)ccc1-n1c(=O)[nH]c2cnc3ccc(Br)cc3c21. The van der Waals surface area contributed by atoms with Crippen molar-refractivity contribution in [2.24, 2.45) is 0 Å². The summed E-state index contributed by atoms with van der Waals surface area (Å²) in [6.07, 6.45) is 1.57. The maximum Gasteiger partial charge on any atom is 0.331 e. The van der Waals surface area contributed by atoms with Gasteiger partial charge in [-0.1, -0.05) is 15.9 Å². The minimum Gasteiger partial charge on any atom is -0.304 e. The zero-order valence-electron chi connectivity index (χ0n) is 12.0. The van der Waals surface area contributed by atoms with E-state index in [1.165, 1.54) is 16.7 Å². The third-order valence-electron chi connectivity index (χ3n) is 3.79. The highest BCUT2D eigenvalue weighted by molar-refractivity contribution is 9.10. The van der Waals surface area contributed by atoms with E-state index in [2.05, 4.69) is 25.9 Å². The van der Waals surface area contributed by atoms with Crippen molar-refractivity contribution in [3.8, 4) is 11.8 Å². The van der Waals surface area contributed by atoms with Crippen LogP contribution in [0.15, 0.2) is 51.9 Å². The predicted molar refractivity (Wildman–Crippen MR) is 91.6 cm³/mol. The van der Waals surface area contributed by atoms with Crippen molar-refractivity contribution in [3.63, 3.8) is 0 Å². The Bertz CT molecular complexity index is 1220. The summed E-state index contributed by atoms with van der Waals surface area (Å²) in [5, 5.41) is 10.0. The molecule has 4 aromatic rings. The van der Waals surface area contributed by atoms with Gasteiger partial charge in [0.05, 0.1) is 34.0 Å². The van der Waals surface area contributed by atoms with Gasteiger partial charge in [0.2, 0.25) is 0 Å². The molecule has 0 amide bonds. The standard InChI is InChI=1S/C17H8BrFN4O/c18-10-1-3-13-12(6-10)16-14(8-21-13)22-17(24)23(16)15-4-2-11(19)5-9(15)7-20/h1-6,8H,(H,22,24). The number of imidazole rings is 1. The fourth-order valence-corrected chi connectivity index (χ4v) is 3.14. The van der Waals surface area contributed by atoms with Crippen LogP contribution in [-0.4, -0.2) is 14.5 Å². The van der Waals surface area contributed by atoms with Crippen LogP contribution in [0.4, 0.5) is 4.39 Å². The summed E-state index contributed by atoms with van der Waals surface area (Å²) in [5.41, 5.74) is 1.83. The highest BCUT2D eigenvalue weighted by atomic mass is 79.9. The lowest BCUT2D eigenvalue weighted by molar-refractivity contribution is 0.627. The predicted octanol–water partition coefficient (Wildman–Crippen LogP) is 3.64. The maximum atomic E-state index is 13.4. The fourth-order valence-electron chi connectivity index (χ4n) is 2.78. The van der Waals surface area contributed by atoms with Crippen molar-refractivity contribution in [2.75, 3.05) is 0 Å². The van der Waals surface area contributed by atoms with Crippen LogP contribution in [-0.2, 0) is 0 Å². The van der Waals surface area contributed by atoms with Crippen molar-refractivity contribution < 1.29 is 4.39 Å². The van der Waals surface area contributed by atoms with Gasteiger partial charge in [-0.3, -0.25) is 9.55 Å². The van der Waals surface area contributed by atoms with E-state index in [1.807, 2.05) is 24.3 Å². The number of rotatable bonds is 1. The van der Waals surface area contributed by atoms with Gasteiger partial charge in [-0.15, -0.1) is 0 Å². The van der Waals surface area contributed by atoms with Crippen LogP contribution in [0.3, 0.4) is 0 Å². The van der Waals surface area contributed by atoms with Crippen LogP contribution in [0.2, 0.25) is 0 Å². The van der Waals surface area contributed by atoms with E-state index in [1.54, 1.807) is 6.20 Å². The molecule has 2 aromatic heterocycles. The summed E-state index contributed by atoms with van der Waals surface area (Å²) in [6.45, 7) is 0. The largest absolute Gasteiger partial charge is 0.331 e. The fraction of sp³-hybridized carbons (Fsp3) is 0. The molecule has 0 aliphatic heterocycles.